The van der Waals surface area contributed by atoms with E-state index in [1.807, 2.05) is 0 Å². The predicted molar refractivity (Wildman–Crippen MR) is 68.8 cm³/mol. The number of alkyl halides is 4. The third-order valence-electron chi connectivity index (χ3n) is 3.86. The molecule has 1 aliphatic carbocycles. The van der Waals surface area contributed by atoms with Crippen molar-refractivity contribution in [3.8, 4) is 0 Å². The maximum atomic E-state index is 13.4. The van der Waals surface area contributed by atoms with E-state index in [9.17, 15) is 13.2 Å². The van der Waals surface area contributed by atoms with E-state index in [-0.39, 0.29) is 18.7 Å². The number of aryl methyl sites for hydroxylation is 2. The number of rotatable bonds is 2. The van der Waals surface area contributed by atoms with E-state index in [2.05, 4.69) is 10.1 Å². The summed E-state index contributed by atoms with van der Waals surface area (Å²) in [6, 6.07) is 0. The van der Waals surface area contributed by atoms with E-state index in [1.54, 1.807) is 20.9 Å². The quantitative estimate of drug-likeness (QED) is 0.797. The Hall–Kier alpha value is -1.24. The lowest BCUT2D eigenvalue weighted by Crippen LogP contribution is -2.36. The molecule has 2 heterocycles. The van der Waals surface area contributed by atoms with Crippen LogP contribution >= 0.6 is 11.6 Å². The minimum atomic E-state index is -4.32. The van der Waals surface area contributed by atoms with E-state index in [0.29, 0.717) is 16.9 Å². The van der Waals surface area contributed by atoms with Crippen LogP contribution in [0.25, 0.3) is 11.2 Å². The third-order valence-corrected chi connectivity index (χ3v) is 4.06. The molecule has 0 aromatic carbocycles. The third kappa shape index (κ3) is 1.62. The zero-order chi connectivity index (χ0) is 14.9. The Bertz CT molecular complexity index is 679. The summed E-state index contributed by atoms with van der Waals surface area (Å²) >= 11 is 6.04. The Morgan fingerprint density at radius 2 is 1.95 bits per heavy atom. The fourth-order valence-corrected chi connectivity index (χ4v) is 2.88. The van der Waals surface area contributed by atoms with Crippen molar-refractivity contribution in [1.82, 2.24) is 19.3 Å². The first kappa shape index (κ1) is 13.7. The second kappa shape index (κ2) is 3.90. The van der Waals surface area contributed by atoms with E-state index in [1.165, 1.54) is 9.25 Å². The van der Waals surface area contributed by atoms with Gasteiger partial charge < -0.3 is 0 Å². The predicted octanol–water partition coefficient (Wildman–Crippen LogP) is 3.43. The van der Waals surface area contributed by atoms with E-state index in [0.717, 1.165) is 0 Å². The summed E-state index contributed by atoms with van der Waals surface area (Å²) in [6.45, 7) is 3.37. The van der Waals surface area contributed by atoms with E-state index >= 15 is 0 Å². The zero-order valence-electron chi connectivity index (χ0n) is 11.3. The van der Waals surface area contributed by atoms with Crippen molar-refractivity contribution >= 4 is 22.8 Å². The Balaban J connectivity index is 2.36. The Labute approximate surface area is 118 Å². The Morgan fingerprint density at radius 1 is 1.35 bits per heavy atom. The van der Waals surface area contributed by atoms with Crippen molar-refractivity contribution in [2.45, 2.75) is 43.8 Å². The molecule has 0 amide bonds. The van der Waals surface area contributed by atoms with Crippen molar-refractivity contribution in [3.63, 3.8) is 0 Å². The van der Waals surface area contributed by atoms with Crippen molar-refractivity contribution in [2.24, 2.45) is 7.05 Å². The molecule has 110 valence electrons. The molecule has 20 heavy (non-hydrogen) atoms. The maximum absolute atomic E-state index is 13.4. The van der Waals surface area contributed by atoms with Crippen LogP contribution in [0.2, 0.25) is 0 Å². The lowest BCUT2D eigenvalue weighted by molar-refractivity contribution is -0.179. The molecule has 2 aromatic heterocycles. The summed E-state index contributed by atoms with van der Waals surface area (Å²) in [5, 5.41) is 3.56. The van der Waals surface area contributed by atoms with Crippen molar-refractivity contribution in [3.05, 3.63) is 11.5 Å². The van der Waals surface area contributed by atoms with Gasteiger partial charge in [0, 0.05) is 7.05 Å². The van der Waals surface area contributed by atoms with Gasteiger partial charge in [0.1, 0.15) is 16.9 Å². The van der Waals surface area contributed by atoms with Crippen LogP contribution in [0.3, 0.4) is 0 Å². The van der Waals surface area contributed by atoms with Gasteiger partial charge in [0.2, 0.25) is 0 Å². The smallest absolute Gasteiger partial charge is 0.296 e. The monoisotopic (exact) mass is 306 g/mol. The SMILES string of the molecule is Cc1nn(C)c2c1nc(C(C)Cl)n2C1(C(F)(F)F)CC1. The lowest BCUT2D eigenvalue weighted by Gasteiger charge is -2.24. The highest BCUT2D eigenvalue weighted by atomic mass is 35.5. The normalized spacial score (nSPS) is 19.6. The molecule has 0 bridgehead atoms. The van der Waals surface area contributed by atoms with Gasteiger partial charge in [-0.2, -0.15) is 18.3 Å². The van der Waals surface area contributed by atoms with Gasteiger partial charge >= 0.3 is 6.18 Å². The fraction of sp³-hybridized carbons (Fsp3) is 0.667. The van der Waals surface area contributed by atoms with Crippen molar-refractivity contribution in [2.75, 3.05) is 0 Å². The molecule has 3 rings (SSSR count). The van der Waals surface area contributed by atoms with E-state index in [4.69, 9.17) is 11.6 Å². The summed E-state index contributed by atoms with van der Waals surface area (Å²) in [7, 11) is 1.63. The largest absolute Gasteiger partial charge is 0.412 e. The van der Waals surface area contributed by atoms with Gasteiger partial charge in [0.15, 0.2) is 5.65 Å². The minimum Gasteiger partial charge on any atom is -0.296 e. The molecule has 0 saturated heterocycles. The van der Waals surface area contributed by atoms with Crippen LogP contribution in [0.1, 0.15) is 36.7 Å². The molecule has 1 saturated carbocycles. The van der Waals surface area contributed by atoms with Gasteiger partial charge in [-0.1, -0.05) is 0 Å². The lowest BCUT2D eigenvalue weighted by atomic mass is 10.2. The Morgan fingerprint density at radius 3 is 2.40 bits per heavy atom. The molecule has 1 aliphatic rings. The molecule has 4 nitrogen and oxygen atoms in total. The van der Waals surface area contributed by atoms with Gasteiger partial charge in [-0.25, -0.2) is 4.98 Å². The fourth-order valence-electron chi connectivity index (χ4n) is 2.73. The summed E-state index contributed by atoms with van der Waals surface area (Å²) in [6.07, 6.45) is -4.20. The molecule has 0 radical (unpaired) electrons. The molecular formula is C12H14ClF3N4. The summed E-state index contributed by atoms with van der Waals surface area (Å²) < 4.78 is 43.0. The molecule has 0 spiro atoms. The first-order chi connectivity index (χ1) is 9.19. The van der Waals surface area contributed by atoms with Crippen LogP contribution in [-0.2, 0) is 12.6 Å². The number of aromatic nitrogens is 4. The zero-order valence-corrected chi connectivity index (χ0v) is 12.0. The number of hydrogen-bond acceptors (Lipinski definition) is 2. The van der Waals surface area contributed by atoms with Gasteiger partial charge in [-0.15, -0.1) is 11.6 Å². The number of hydrogen-bond donors (Lipinski definition) is 0. The first-order valence-corrected chi connectivity index (χ1v) is 6.76. The molecule has 1 atom stereocenters. The molecule has 8 heteroatoms. The van der Waals surface area contributed by atoms with Crippen LogP contribution in [0.15, 0.2) is 0 Å². The second-order valence-corrected chi connectivity index (χ2v) is 5.99. The van der Waals surface area contributed by atoms with Crippen LogP contribution in [0.5, 0.6) is 0 Å². The number of nitrogens with zero attached hydrogens (tertiary/aromatic N) is 4. The highest BCUT2D eigenvalue weighted by Crippen LogP contribution is 2.57. The highest BCUT2D eigenvalue weighted by molar-refractivity contribution is 6.20. The van der Waals surface area contributed by atoms with Gasteiger partial charge in [-0.3, -0.25) is 9.25 Å². The number of halogens is 4. The average Bonchev–Trinajstić information content (AvgIpc) is 2.94. The van der Waals surface area contributed by atoms with Crippen molar-refractivity contribution < 1.29 is 13.2 Å². The summed E-state index contributed by atoms with van der Waals surface area (Å²) in [5.74, 6) is 0.257. The van der Waals surface area contributed by atoms with Gasteiger partial charge in [0.25, 0.3) is 0 Å². The molecule has 1 fully saturated rings. The van der Waals surface area contributed by atoms with Crippen LogP contribution in [0, 0.1) is 6.92 Å². The topological polar surface area (TPSA) is 35.6 Å². The highest BCUT2D eigenvalue weighted by Gasteiger charge is 2.66. The molecule has 0 aliphatic heterocycles. The molecule has 2 aromatic rings. The standard InChI is InChI=1S/C12H14ClF3N4/c1-6(13)9-17-8-7(2)18-19(3)10(8)20(9)11(4-5-11)12(14,15)16/h6H,4-5H2,1-3H3. The maximum Gasteiger partial charge on any atom is 0.412 e. The first-order valence-electron chi connectivity index (χ1n) is 6.32. The van der Waals surface area contributed by atoms with Gasteiger partial charge in [0.05, 0.1) is 11.1 Å². The molecular weight excluding hydrogens is 293 g/mol. The van der Waals surface area contributed by atoms with Crippen molar-refractivity contribution in [1.29, 1.82) is 0 Å². The average molecular weight is 307 g/mol. The molecule has 0 N–H and O–H groups in total. The second-order valence-electron chi connectivity index (χ2n) is 5.33. The van der Waals surface area contributed by atoms with Crippen LogP contribution in [0.4, 0.5) is 13.2 Å². The molecule has 1 unspecified atom stereocenters. The summed E-state index contributed by atoms with van der Waals surface area (Å²) in [4.78, 5) is 4.30. The number of fused-ring (bicyclic) bond motifs is 1. The number of imidazole rings is 1. The van der Waals surface area contributed by atoms with E-state index < -0.39 is 17.1 Å². The van der Waals surface area contributed by atoms with Crippen LogP contribution in [-0.4, -0.2) is 25.5 Å². The Kier molecular flexibility index (Phi) is 2.68. The summed E-state index contributed by atoms with van der Waals surface area (Å²) in [5.41, 5.74) is -0.386. The van der Waals surface area contributed by atoms with Gasteiger partial charge in [-0.05, 0) is 26.7 Å². The minimum absolute atomic E-state index is 0.0583. The van der Waals surface area contributed by atoms with Crippen LogP contribution < -0.4 is 0 Å².